The zero-order valence-corrected chi connectivity index (χ0v) is 8.06. The minimum absolute atomic E-state index is 0.0148. The number of nitrogens with one attached hydrogen (secondary N) is 1. The van der Waals surface area contributed by atoms with Crippen molar-refractivity contribution in [1.82, 2.24) is 15.5 Å². The molecule has 1 saturated heterocycles. The van der Waals surface area contributed by atoms with E-state index in [1.807, 2.05) is 0 Å². The lowest BCUT2D eigenvalue weighted by molar-refractivity contribution is -0.0301. The van der Waals surface area contributed by atoms with E-state index < -0.39 is 0 Å². The minimum atomic E-state index is -0.159. The summed E-state index contributed by atoms with van der Waals surface area (Å²) in [6.45, 7) is 6.96. The van der Waals surface area contributed by atoms with Gasteiger partial charge in [0.1, 0.15) is 6.10 Å². The molecule has 2 heterocycles. The van der Waals surface area contributed by atoms with Gasteiger partial charge in [-0.3, -0.25) is 0 Å². The molecule has 1 fully saturated rings. The molecular formula is C9H13N3O2. The Hall–Kier alpha value is -1.20. The summed E-state index contributed by atoms with van der Waals surface area (Å²) in [4.78, 5) is 4.13. The predicted molar refractivity (Wildman–Crippen MR) is 49.7 cm³/mol. The molecule has 0 radical (unpaired) electrons. The average molecular weight is 195 g/mol. The van der Waals surface area contributed by atoms with Crippen LogP contribution in [0.4, 0.5) is 0 Å². The van der Waals surface area contributed by atoms with Crippen molar-refractivity contribution in [3.63, 3.8) is 0 Å². The topological polar surface area (TPSA) is 60.2 Å². The molecule has 0 aliphatic carbocycles. The summed E-state index contributed by atoms with van der Waals surface area (Å²) in [5.41, 5.74) is 0. The molecule has 5 nitrogen and oxygen atoms in total. The maximum atomic E-state index is 5.66. The van der Waals surface area contributed by atoms with E-state index in [2.05, 4.69) is 22.0 Å². The van der Waals surface area contributed by atoms with Crippen LogP contribution in [0.5, 0.6) is 0 Å². The van der Waals surface area contributed by atoms with Gasteiger partial charge in [0.2, 0.25) is 0 Å². The first kappa shape index (κ1) is 9.36. The highest BCUT2D eigenvalue weighted by Gasteiger charge is 2.25. The van der Waals surface area contributed by atoms with Crippen LogP contribution in [-0.4, -0.2) is 29.3 Å². The van der Waals surface area contributed by atoms with E-state index in [1.54, 1.807) is 13.0 Å². The minimum Gasteiger partial charge on any atom is -0.358 e. The smallest absolute Gasteiger partial charge is 0.257 e. The fraction of sp³-hybridized carbons (Fsp3) is 0.556. The largest absolute Gasteiger partial charge is 0.358 e. The lowest BCUT2D eigenvalue weighted by Gasteiger charge is -2.26. The van der Waals surface area contributed by atoms with Gasteiger partial charge in [-0.05, 0) is 6.92 Å². The highest BCUT2D eigenvalue weighted by molar-refractivity contribution is 4.95. The summed E-state index contributed by atoms with van der Waals surface area (Å²) in [7, 11) is 0. The number of hydrogen-bond acceptors (Lipinski definition) is 5. The fourth-order valence-corrected chi connectivity index (χ4v) is 1.39. The fourth-order valence-electron chi connectivity index (χ4n) is 1.39. The standard InChI is InChI=1S/C9H13N3O2/c1-3-7-4-10-5-8(13-7)9-11-6(2)12-14-9/h3,7-8,10H,1,4-5H2,2H3/t7-,8-/m1/s1. The summed E-state index contributed by atoms with van der Waals surface area (Å²) in [5, 5.41) is 6.94. The van der Waals surface area contributed by atoms with E-state index in [-0.39, 0.29) is 12.2 Å². The third kappa shape index (κ3) is 1.83. The molecule has 0 spiro atoms. The third-order valence-electron chi connectivity index (χ3n) is 2.10. The van der Waals surface area contributed by atoms with Gasteiger partial charge in [-0.15, -0.1) is 6.58 Å². The van der Waals surface area contributed by atoms with Gasteiger partial charge in [-0.2, -0.15) is 4.98 Å². The first-order valence-electron chi connectivity index (χ1n) is 4.58. The maximum absolute atomic E-state index is 5.66. The second-order valence-corrected chi connectivity index (χ2v) is 3.24. The summed E-state index contributed by atoms with van der Waals surface area (Å²) in [5.74, 6) is 1.16. The SMILES string of the molecule is C=C[C@@H]1CNC[C@H](c2nc(C)no2)O1. The summed E-state index contributed by atoms with van der Waals surface area (Å²) in [6, 6.07) is 0. The van der Waals surface area contributed by atoms with Gasteiger partial charge < -0.3 is 14.6 Å². The zero-order valence-electron chi connectivity index (χ0n) is 8.06. The second kappa shape index (κ2) is 3.89. The van der Waals surface area contributed by atoms with Crippen LogP contribution < -0.4 is 5.32 Å². The van der Waals surface area contributed by atoms with Gasteiger partial charge in [0.15, 0.2) is 5.82 Å². The van der Waals surface area contributed by atoms with Crippen LogP contribution in [0.25, 0.3) is 0 Å². The maximum Gasteiger partial charge on any atom is 0.257 e. The number of ether oxygens (including phenoxy) is 1. The lowest BCUT2D eigenvalue weighted by atomic mass is 10.2. The van der Waals surface area contributed by atoms with Crippen molar-refractivity contribution in [2.24, 2.45) is 0 Å². The van der Waals surface area contributed by atoms with Gasteiger partial charge in [0.05, 0.1) is 6.10 Å². The van der Waals surface area contributed by atoms with Gasteiger partial charge in [0, 0.05) is 13.1 Å². The van der Waals surface area contributed by atoms with Crippen LogP contribution in [0.2, 0.25) is 0 Å². The Balaban J connectivity index is 2.07. The molecule has 0 unspecified atom stereocenters. The highest BCUT2D eigenvalue weighted by atomic mass is 16.5. The van der Waals surface area contributed by atoms with Crippen molar-refractivity contribution in [1.29, 1.82) is 0 Å². The van der Waals surface area contributed by atoms with Crippen molar-refractivity contribution in [2.45, 2.75) is 19.1 Å². The van der Waals surface area contributed by atoms with E-state index >= 15 is 0 Å². The Morgan fingerprint density at radius 3 is 3.07 bits per heavy atom. The molecule has 0 amide bonds. The van der Waals surface area contributed by atoms with Gasteiger partial charge in [0.25, 0.3) is 5.89 Å². The molecule has 1 N–H and O–H groups in total. The van der Waals surface area contributed by atoms with Crippen LogP contribution in [0.1, 0.15) is 17.8 Å². The van der Waals surface area contributed by atoms with Crippen molar-refractivity contribution >= 4 is 0 Å². The number of aryl methyl sites for hydroxylation is 1. The average Bonchev–Trinajstić information content (AvgIpc) is 2.65. The first-order valence-corrected chi connectivity index (χ1v) is 4.58. The number of nitrogens with zero attached hydrogens (tertiary/aromatic N) is 2. The third-order valence-corrected chi connectivity index (χ3v) is 2.10. The molecule has 0 aromatic carbocycles. The van der Waals surface area contributed by atoms with Gasteiger partial charge in [-0.1, -0.05) is 11.2 Å². The summed E-state index contributed by atoms with van der Waals surface area (Å²) < 4.78 is 10.7. The Morgan fingerprint density at radius 1 is 1.57 bits per heavy atom. The normalized spacial score (nSPS) is 27.5. The van der Waals surface area contributed by atoms with Crippen molar-refractivity contribution in [3.05, 3.63) is 24.4 Å². The molecule has 14 heavy (non-hydrogen) atoms. The van der Waals surface area contributed by atoms with E-state index in [0.717, 1.165) is 6.54 Å². The van der Waals surface area contributed by atoms with Crippen molar-refractivity contribution < 1.29 is 9.26 Å². The molecule has 0 saturated carbocycles. The quantitative estimate of drug-likeness (QED) is 0.700. The number of aromatic nitrogens is 2. The van der Waals surface area contributed by atoms with Gasteiger partial charge >= 0.3 is 0 Å². The molecule has 1 aromatic rings. The van der Waals surface area contributed by atoms with E-state index in [9.17, 15) is 0 Å². The first-order chi connectivity index (χ1) is 6.79. The Kier molecular flexibility index (Phi) is 2.60. The second-order valence-electron chi connectivity index (χ2n) is 3.24. The van der Waals surface area contributed by atoms with Crippen LogP contribution in [0.3, 0.4) is 0 Å². The molecular weight excluding hydrogens is 182 g/mol. The number of morpholine rings is 1. The van der Waals surface area contributed by atoms with E-state index in [1.165, 1.54) is 0 Å². The molecule has 76 valence electrons. The monoisotopic (exact) mass is 195 g/mol. The highest BCUT2D eigenvalue weighted by Crippen LogP contribution is 2.19. The van der Waals surface area contributed by atoms with E-state index in [4.69, 9.17) is 9.26 Å². The molecule has 1 aliphatic rings. The van der Waals surface area contributed by atoms with Crippen LogP contribution >= 0.6 is 0 Å². The Morgan fingerprint density at radius 2 is 2.43 bits per heavy atom. The molecule has 0 bridgehead atoms. The molecule has 2 rings (SSSR count). The molecule has 2 atom stereocenters. The Labute approximate surface area is 82.1 Å². The molecule has 5 heteroatoms. The van der Waals surface area contributed by atoms with Crippen LogP contribution in [0.15, 0.2) is 17.2 Å². The molecule has 1 aromatic heterocycles. The predicted octanol–water partition coefficient (Wildman–Crippen LogP) is 0.594. The van der Waals surface area contributed by atoms with E-state index in [0.29, 0.717) is 18.3 Å². The number of rotatable bonds is 2. The lowest BCUT2D eigenvalue weighted by Crippen LogP contribution is -2.39. The summed E-state index contributed by atoms with van der Waals surface area (Å²) in [6.07, 6.45) is 1.62. The van der Waals surface area contributed by atoms with Gasteiger partial charge in [-0.25, -0.2) is 0 Å². The Bertz CT molecular complexity index is 324. The number of hydrogen-bond donors (Lipinski definition) is 1. The zero-order chi connectivity index (χ0) is 9.97. The van der Waals surface area contributed by atoms with Crippen molar-refractivity contribution in [3.8, 4) is 0 Å². The molecule has 1 aliphatic heterocycles. The van der Waals surface area contributed by atoms with Crippen LogP contribution in [0, 0.1) is 6.92 Å². The van der Waals surface area contributed by atoms with Crippen LogP contribution in [-0.2, 0) is 4.74 Å². The van der Waals surface area contributed by atoms with Crippen molar-refractivity contribution in [2.75, 3.05) is 13.1 Å². The summed E-state index contributed by atoms with van der Waals surface area (Å²) >= 11 is 0.